The molecular weight excluding hydrogens is 142 g/mol. The molecule has 0 aliphatic heterocycles. The van der Waals surface area contributed by atoms with Crippen LogP contribution in [0.15, 0.2) is 0 Å². The summed E-state index contributed by atoms with van der Waals surface area (Å²) in [6.45, 7) is 4.36. The van der Waals surface area contributed by atoms with Gasteiger partial charge in [0.2, 0.25) is 5.95 Å². The molecule has 5 nitrogen and oxygen atoms in total. The van der Waals surface area contributed by atoms with E-state index in [4.69, 9.17) is 5.73 Å². The van der Waals surface area contributed by atoms with Gasteiger partial charge in [-0.2, -0.15) is 0 Å². The summed E-state index contributed by atoms with van der Waals surface area (Å²) in [4.78, 5) is 0. The molecule has 11 heavy (non-hydrogen) atoms. The van der Waals surface area contributed by atoms with Crippen LogP contribution in [0.3, 0.4) is 0 Å². The van der Waals surface area contributed by atoms with Crippen LogP contribution in [0.2, 0.25) is 0 Å². The van der Waals surface area contributed by atoms with Gasteiger partial charge >= 0.3 is 0 Å². The van der Waals surface area contributed by atoms with Crippen LogP contribution in [0.1, 0.15) is 26.3 Å². The van der Waals surface area contributed by atoms with Gasteiger partial charge in [0, 0.05) is 0 Å². The van der Waals surface area contributed by atoms with Crippen molar-refractivity contribution in [3.63, 3.8) is 0 Å². The normalized spacial score (nSPS) is 26.9. The topological polar surface area (TPSA) is 69.6 Å². The molecule has 2 rings (SSSR count). The van der Waals surface area contributed by atoms with Gasteiger partial charge in [0.1, 0.15) is 0 Å². The van der Waals surface area contributed by atoms with Gasteiger partial charge in [-0.3, -0.25) is 0 Å². The average Bonchev–Trinajstić information content (AvgIpc) is 2.38. The molecule has 0 amide bonds. The first-order valence-corrected chi connectivity index (χ1v) is 3.64. The molecule has 1 atom stereocenters. The van der Waals surface area contributed by atoms with Crippen LogP contribution in [0, 0.1) is 5.41 Å². The number of aromatic nitrogens is 4. The molecule has 1 aliphatic carbocycles. The van der Waals surface area contributed by atoms with Crippen molar-refractivity contribution in [3.05, 3.63) is 0 Å². The fraction of sp³-hybridized carbons (Fsp3) is 0.833. The number of tetrazole rings is 1. The Morgan fingerprint density at radius 2 is 2.27 bits per heavy atom. The van der Waals surface area contributed by atoms with Crippen LogP contribution in [0.25, 0.3) is 0 Å². The van der Waals surface area contributed by atoms with Gasteiger partial charge in [0.05, 0.1) is 6.04 Å². The summed E-state index contributed by atoms with van der Waals surface area (Å²) in [6, 6.07) is 0.400. The van der Waals surface area contributed by atoms with Gasteiger partial charge < -0.3 is 5.73 Å². The quantitative estimate of drug-likeness (QED) is 0.626. The number of hydrogen-bond donors (Lipinski definition) is 1. The second kappa shape index (κ2) is 1.72. The fourth-order valence-electron chi connectivity index (χ4n) is 1.28. The number of hydrogen-bond acceptors (Lipinski definition) is 4. The van der Waals surface area contributed by atoms with E-state index in [1.807, 2.05) is 0 Å². The maximum atomic E-state index is 5.53. The highest BCUT2D eigenvalue weighted by Crippen LogP contribution is 2.55. The predicted octanol–water partition coefficient (Wildman–Crippen LogP) is 0.226. The highest BCUT2D eigenvalue weighted by atomic mass is 15.6. The van der Waals surface area contributed by atoms with Gasteiger partial charge in [-0.25, -0.2) is 4.68 Å². The van der Waals surface area contributed by atoms with Crippen molar-refractivity contribution in [1.82, 2.24) is 20.2 Å². The summed E-state index contributed by atoms with van der Waals surface area (Å²) in [6.07, 6.45) is 1.11. The van der Waals surface area contributed by atoms with E-state index in [0.717, 1.165) is 6.42 Å². The molecule has 0 spiro atoms. The standard InChI is InChI=1S/C6H11N5/c1-6(2)3-4(6)11-5(7)8-9-10-11/h4H,3H2,1-2H3,(H2,7,8,10). The van der Waals surface area contributed by atoms with Crippen LogP contribution in [-0.4, -0.2) is 20.2 Å². The van der Waals surface area contributed by atoms with E-state index in [1.165, 1.54) is 0 Å². The lowest BCUT2D eigenvalue weighted by Gasteiger charge is -2.01. The number of nitrogens with two attached hydrogens (primary N) is 1. The van der Waals surface area contributed by atoms with Crippen molar-refractivity contribution >= 4 is 5.95 Å². The molecule has 60 valence electrons. The van der Waals surface area contributed by atoms with E-state index < -0.39 is 0 Å². The molecule has 0 aromatic carbocycles. The highest BCUT2D eigenvalue weighted by molar-refractivity contribution is 5.16. The zero-order valence-corrected chi connectivity index (χ0v) is 6.65. The molecule has 0 saturated heterocycles. The number of nitrogens with zero attached hydrogens (tertiary/aromatic N) is 4. The Kier molecular flexibility index (Phi) is 1.03. The van der Waals surface area contributed by atoms with E-state index >= 15 is 0 Å². The lowest BCUT2D eigenvalue weighted by molar-refractivity contribution is 0.498. The molecule has 1 aromatic rings. The molecule has 1 aromatic heterocycles. The Morgan fingerprint density at radius 3 is 2.64 bits per heavy atom. The lowest BCUT2D eigenvalue weighted by Crippen LogP contribution is -2.06. The molecule has 5 heteroatoms. The minimum Gasteiger partial charge on any atom is -0.367 e. The first kappa shape index (κ1) is 6.57. The number of anilines is 1. The summed E-state index contributed by atoms with van der Waals surface area (Å²) in [5.41, 5.74) is 5.85. The third kappa shape index (κ3) is 0.875. The minimum absolute atomic E-state index is 0.323. The summed E-state index contributed by atoms with van der Waals surface area (Å²) in [5.74, 6) is 0.417. The van der Waals surface area contributed by atoms with Crippen LogP contribution in [-0.2, 0) is 0 Å². The Hall–Kier alpha value is -1.13. The first-order valence-electron chi connectivity index (χ1n) is 3.64. The predicted molar refractivity (Wildman–Crippen MR) is 39.7 cm³/mol. The Bertz CT molecular complexity index is 276. The summed E-state index contributed by atoms with van der Waals surface area (Å²) >= 11 is 0. The van der Waals surface area contributed by atoms with Crippen molar-refractivity contribution in [2.45, 2.75) is 26.3 Å². The van der Waals surface area contributed by atoms with Crippen molar-refractivity contribution in [2.75, 3.05) is 5.73 Å². The molecular formula is C6H11N5. The molecule has 1 unspecified atom stereocenters. The van der Waals surface area contributed by atoms with E-state index in [1.54, 1.807) is 4.68 Å². The summed E-state index contributed by atoms with van der Waals surface area (Å²) < 4.78 is 1.69. The van der Waals surface area contributed by atoms with E-state index in [0.29, 0.717) is 17.4 Å². The molecule has 1 saturated carbocycles. The molecule has 1 aliphatic rings. The molecule has 2 N–H and O–H groups in total. The first-order chi connectivity index (χ1) is 5.11. The zero-order valence-electron chi connectivity index (χ0n) is 6.65. The molecule has 1 heterocycles. The van der Waals surface area contributed by atoms with Gasteiger partial charge in [-0.1, -0.05) is 18.9 Å². The van der Waals surface area contributed by atoms with Crippen LogP contribution in [0.4, 0.5) is 5.95 Å². The maximum Gasteiger partial charge on any atom is 0.240 e. The zero-order chi connectivity index (χ0) is 8.06. The largest absolute Gasteiger partial charge is 0.367 e. The third-order valence-electron chi connectivity index (χ3n) is 2.27. The molecule has 1 fully saturated rings. The molecule has 0 radical (unpaired) electrons. The van der Waals surface area contributed by atoms with Gasteiger partial charge in [0.25, 0.3) is 0 Å². The Labute approximate surface area is 64.6 Å². The van der Waals surface area contributed by atoms with Gasteiger partial charge in [-0.15, -0.1) is 0 Å². The second-order valence-corrected chi connectivity index (χ2v) is 3.69. The summed E-state index contributed by atoms with van der Waals surface area (Å²) in [7, 11) is 0. The fourth-order valence-corrected chi connectivity index (χ4v) is 1.28. The van der Waals surface area contributed by atoms with Crippen molar-refractivity contribution < 1.29 is 0 Å². The smallest absolute Gasteiger partial charge is 0.240 e. The number of nitrogen functional groups attached to an aromatic ring is 1. The Morgan fingerprint density at radius 1 is 1.64 bits per heavy atom. The monoisotopic (exact) mass is 153 g/mol. The van der Waals surface area contributed by atoms with Crippen LogP contribution in [0.5, 0.6) is 0 Å². The van der Waals surface area contributed by atoms with Crippen molar-refractivity contribution in [2.24, 2.45) is 5.41 Å². The maximum absolute atomic E-state index is 5.53. The average molecular weight is 153 g/mol. The second-order valence-electron chi connectivity index (χ2n) is 3.69. The minimum atomic E-state index is 0.323. The van der Waals surface area contributed by atoms with Gasteiger partial charge in [0.15, 0.2) is 0 Å². The lowest BCUT2D eigenvalue weighted by atomic mass is 10.2. The van der Waals surface area contributed by atoms with Crippen LogP contribution < -0.4 is 5.73 Å². The van der Waals surface area contributed by atoms with Crippen molar-refractivity contribution in [3.8, 4) is 0 Å². The number of rotatable bonds is 1. The summed E-state index contributed by atoms with van der Waals surface area (Å²) in [5, 5.41) is 10.9. The molecule has 0 bridgehead atoms. The Balaban J connectivity index is 2.27. The SMILES string of the molecule is CC1(C)CC1n1nnnc1N. The highest BCUT2D eigenvalue weighted by Gasteiger charge is 2.48. The van der Waals surface area contributed by atoms with E-state index in [9.17, 15) is 0 Å². The van der Waals surface area contributed by atoms with Gasteiger partial charge in [-0.05, 0) is 22.3 Å². The van der Waals surface area contributed by atoms with Crippen LogP contribution >= 0.6 is 0 Å². The third-order valence-corrected chi connectivity index (χ3v) is 2.27. The van der Waals surface area contributed by atoms with E-state index in [-0.39, 0.29) is 0 Å². The van der Waals surface area contributed by atoms with Crippen molar-refractivity contribution in [1.29, 1.82) is 0 Å². The van der Waals surface area contributed by atoms with E-state index in [2.05, 4.69) is 29.4 Å².